The highest BCUT2D eigenvalue weighted by atomic mass is 16.5. The largest absolute Gasteiger partial charge is 0.452 e. The minimum Gasteiger partial charge on any atom is -0.452 e. The topological polar surface area (TPSA) is 90.2 Å². The van der Waals surface area contributed by atoms with Crippen LogP contribution in [0.3, 0.4) is 0 Å². The minimum absolute atomic E-state index is 0.136. The molecule has 8 heteroatoms. The molecule has 0 aliphatic carbocycles. The van der Waals surface area contributed by atoms with Crippen LogP contribution in [-0.2, 0) is 9.53 Å². The third-order valence-electron chi connectivity index (χ3n) is 3.75. The van der Waals surface area contributed by atoms with E-state index in [1.54, 1.807) is 29.2 Å². The molecule has 0 unspecified atom stereocenters. The molecule has 0 spiro atoms. The average Bonchev–Trinajstić information content (AvgIpc) is 3.15. The van der Waals surface area contributed by atoms with Crippen LogP contribution in [0, 0.1) is 0 Å². The molecule has 0 atom stereocenters. The van der Waals surface area contributed by atoms with Crippen molar-refractivity contribution in [3.8, 4) is 5.69 Å². The van der Waals surface area contributed by atoms with Crippen molar-refractivity contribution < 1.29 is 14.3 Å². The van der Waals surface area contributed by atoms with E-state index in [4.69, 9.17) is 4.74 Å². The van der Waals surface area contributed by atoms with Gasteiger partial charge in [0.15, 0.2) is 6.61 Å². The maximum atomic E-state index is 12.0. The Morgan fingerprint density at radius 3 is 2.48 bits per heavy atom. The lowest BCUT2D eigenvalue weighted by atomic mass is 10.1. The van der Waals surface area contributed by atoms with Crippen LogP contribution in [-0.4, -0.2) is 56.7 Å². The number of hydrogen-bond donors (Lipinski definition) is 0. The van der Waals surface area contributed by atoms with E-state index in [1.807, 2.05) is 0 Å². The van der Waals surface area contributed by atoms with Gasteiger partial charge in [0.25, 0.3) is 5.91 Å². The Kier molecular flexibility index (Phi) is 4.60. The molecule has 0 radical (unpaired) electrons. The first-order valence-corrected chi connectivity index (χ1v) is 7.52. The zero-order valence-electron chi connectivity index (χ0n) is 12.6. The number of hydrogen-bond acceptors (Lipinski definition) is 6. The van der Waals surface area contributed by atoms with Crippen LogP contribution < -0.4 is 0 Å². The van der Waals surface area contributed by atoms with Crippen LogP contribution in [0.2, 0.25) is 0 Å². The molecule has 2 heterocycles. The van der Waals surface area contributed by atoms with Gasteiger partial charge < -0.3 is 9.64 Å². The normalized spacial score (nSPS) is 14.5. The summed E-state index contributed by atoms with van der Waals surface area (Å²) in [7, 11) is 0. The summed E-state index contributed by atoms with van der Waals surface area (Å²) in [5, 5.41) is 10.9. The van der Waals surface area contributed by atoms with Gasteiger partial charge in [-0.1, -0.05) is 0 Å². The Labute approximate surface area is 133 Å². The van der Waals surface area contributed by atoms with E-state index in [0.29, 0.717) is 5.56 Å². The van der Waals surface area contributed by atoms with Crippen LogP contribution in [0.1, 0.15) is 29.6 Å². The van der Waals surface area contributed by atoms with E-state index in [2.05, 4.69) is 15.5 Å². The Morgan fingerprint density at radius 1 is 1.09 bits per heavy atom. The molecular weight excluding hydrogens is 298 g/mol. The fourth-order valence-corrected chi connectivity index (χ4v) is 2.48. The molecule has 1 aromatic carbocycles. The molecule has 1 saturated heterocycles. The molecule has 1 aliphatic heterocycles. The number of amides is 1. The molecule has 3 rings (SSSR count). The van der Waals surface area contributed by atoms with E-state index in [1.165, 1.54) is 11.0 Å². The van der Waals surface area contributed by atoms with Gasteiger partial charge in [-0.05, 0) is 54.0 Å². The summed E-state index contributed by atoms with van der Waals surface area (Å²) in [6.07, 6.45) is 4.64. The molecule has 0 bridgehead atoms. The van der Waals surface area contributed by atoms with Crippen LogP contribution in [0.5, 0.6) is 0 Å². The summed E-state index contributed by atoms with van der Waals surface area (Å²) < 4.78 is 6.58. The highest BCUT2D eigenvalue weighted by Gasteiger charge is 2.18. The van der Waals surface area contributed by atoms with E-state index < -0.39 is 5.97 Å². The molecule has 23 heavy (non-hydrogen) atoms. The lowest BCUT2D eigenvalue weighted by Gasteiger charge is -2.26. The van der Waals surface area contributed by atoms with Gasteiger partial charge in [0.2, 0.25) is 0 Å². The van der Waals surface area contributed by atoms with Gasteiger partial charge in [-0.25, -0.2) is 9.48 Å². The summed E-state index contributed by atoms with van der Waals surface area (Å²) in [5.74, 6) is -0.651. The molecule has 1 amide bonds. The molecule has 1 aliphatic rings. The number of benzene rings is 1. The Bertz CT molecular complexity index is 663. The van der Waals surface area contributed by atoms with Gasteiger partial charge >= 0.3 is 5.97 Å². The van der Waals surface area contributed by atoms with Crippen molar-refractivity contribution in [2.24, 2.45) is 0 Å². The zero-order valence-corrected chi connectivity index (χ0v) is 12.6. The quantitative estimate of drug-likeness (QED) is 0.776. The number of piperidine rings is 1. The second kappa shape index (κ2) is 6.99. The molecule has 8 nitrogen and oxygen atoms in total. The van der Waals surface area contributed by atoms with Crippen molar-refractivity contribution in [1.29, 1.82) is 0 Å². The Balaban J connectivity index is 1.54. The Morgan fingerprint density at radius 2 is 1.83 bits per heavy atom. The van der Waals surface area contributed by atoms with Crippen molar-refractivity contribution in [3.63, 3.8) is 0 Å². The lowest BCUT2D eigenvalue weighted by Crippen LogP contribution is -2.38. The third kappa shape index (κ3) is 3.71. The molecule has 0 saturated carbocycles. The first-order chi connectivity index (χ1) is 11.2. The number of nitrogens with zero attached hydrogens (tertiary/aromatic N) is 5. The maximum absolute atomic E-state index is 12.0. The predicted octanol–water partition coefficient (Wildman–Crippen LogP) is 0.832. The van der Waals surface area contributed by atoms with Crippen molar-refractivity contribution in [1.82, 2.24) is 25.1 Å². The smallest absolute Gasteiger partial charge is 0.338 e. The number of carbonyl (C=O) groups is 2. The zero-order chi connectivity index (χ0) is 16.1. The number of rotatable bonds is 4. The van der Waals surface area contributed by atoms with Gasteiger partial charge in [-0.2, -0.15) is 0 Å². The standard InChI is InChI=1S/C15H17N5O3/c21-14(19-8-2-1-3-9-19)10-23-15(22)12-4-6-13(7-5-12)20-11-16-17-18-20/h4-7,11H,1-3,8-10H2. The number of esters is 1. The molecule has 1 aromatic heterocycles. The van der Waals surface area contributed by atoms with Gasteiger partial charge in [0.05, 0.1) is 11.3 Å². The number of carbonyl (C=O) groups excluding carboxylic acids is 2. The fourth-order valence-electron chi connectivity index (χ4n) is 2.48. The minimum atomic E-state index is -0.515. The fraction of sp³-hybridized carbons (Fsp3) is 0.400. The molecular formula is C15H17N5O3. The van der Waals surface area contributed by atoms with Crippen molar-refractivity contribution in [2.45, 2.75) is 19.3 Å². The number of likely N-dealkylation sites (tertiary alicyclic amines) is 1. The average molecular weight is 315 g/mol. The van der Waals surface area contributed by atoms with E-state index in [-0.39, 0.29) is 12.5 Å². The second-order valence-electron chi connectivity index (χ2n) is 5.32. The maximum Gasteiger partial charge on any atom is 0.338 e. The van der Waals surface area contributed by atoms with Crippen molar-refractivity contribution in [2.75, 3.05) is 19.7 Å². The molecule has 120 valence electrons. The van der Waals surface area contributed by atoms with Crippen LogP contribution in [0.4, 0.5) is 0 Å². The summed E-state index contributed by atoms with van der Waals surface area (Å²) in [4.78, 5) is 25.7. The monoisotopic (exact) mass is 315 g/mol. The SMILES string of the molecule is O=C(OCC(=O)N1CCCCC1)c1ccc(-n2cnnn2)cc1. The molecule has 0 N–H and O–H groups in total. The van der Waals surface area contributed by atoms with Gasteiger partial charge in [0, 0.05) is 13.1 Å². The van der Waals surface area contributed by atoms with Crippen LogP contribution in [0.25, 0.3) is 5.69 Å². The summed E-state index contributed by atoms with van der Waals surface area (Å²) in [5.41, 5.74) is 1.12. The van der Waals surface area contributed by atoms with E-state index >= 15 is 0 Å². The predicted molar refractivity (Wildman–Crippen MR) is 79.9 cm³/mol. The lowest BCUT2D eigenvalue weighted by molar-refractivity contribution is -0.135. The summed E-state index contributed by atoms with van der Waals surface area (Å²) in [6.45, 7) is 1.28. The van der Waals surface area contributed by atoms with E-state index in [0.717, 1.165) is 38.0 Å². The molecule has 1 fully saturated rings. The van der Waals surface area contributed by atoms with Crippen LogP contribution >= 0.6 is 0 Å². The number of aromatic nitrogens is 4. The van der Waals surface area contributed by atoms with Gasteiger partial charge in [0.1, 0.15) is 6.33 Å². The highest BCUT2D eigenvalue weighted by molar-refractivity contribution is 5.91. The van der Waals surface area contributed by atoms with E-state index in [9.17, 15) is 9.59 Å². The first-order valence-electron chi connectivity index (χ1n) is 7.52. The second-order valence-corrected chi connectivity index (χ2v) is 5.32. The summed E-state index contributed by atoms with van der Waals surface area (Å²) in [6, 6.07) is 6.65. The van der Waals surface area contributed by atoms with Crippen molar-refractivity contribution in [3.05, 3.63) is 36.2 Å². The van der Waals surface area contributed by atoms with Crippen LogP contribution in [0.15, 0.2) is 30.6 Å². The molecule has 2 aromatic rings. The summed E-state index contributed by atoms with van der Waals surface area (Å²) >= 11 is 0. The number of tetrazole rings is 1. The first kappa shape index (κ1) is 15.1. The third-order valence-corrected chi connectivity index (χ3v) is 3.75. The highest BCUT2D eigenvalue weighted by Crippen LogP contribution is 2.11. The van der Waals surface area contributed by atoms with Crippen molar-refractivity contribution >= 4 is 11.9 Å². The number of ether oxygens (including phenoxy) is 1. The Hall–Kier alpha value is -2.77. The van der Waals surface area contributed by atoms with Gasteiger partial charge in [-0.3, -0.25) is 4.79 Å². The van der Waals surface area contributed by atoms with Gasteiger partial charge in [-0.15, -0.1) is 5.10 Å².